The van der Waals surface area contributed by atoms with Crippen LogP contribution in [0.2, 0.25) is 0 Å². The van der Waals surface area contributed by atoms with Crippen molar-refractivity contribution >= 4 is 17.0 Å². The van der Waals surface area contributed by atoms with Crippen molar-refractivity contribution in [1.82, 2.24) is 10.3 Å². The van der Waals surface area contributed by atoms with E-state index in [1.807, 2.05) is 68.6 Å². The van der Waals surface area contributed by atoms with Crippen molar-refractivity contribution in [3.63, 3.8) is 0 Å². The van der Waals surface area contributed by atoms with Gasteiger partial charge in [0, 0.05) is 17.1 Å². The van der Waals surface area contributed by atoms with Crippen LogP contribution in [0.15, 0.2) is 54.7 Å². The van der Waals surface area contributed by atoms with E-state index in [2.05, 4.69) is 10.3 Å². The van der Waals surface area contributed by atoms with Crippen molar-refractivity contribution in [3.05, 3.63) is 65.9 Å². The topological polar surface area (TPSA) is 74.3 Å². The lowest BCUT2D eigenvalue weighted by Crippen LogP contribution is -2.44. The summed E-state index contributed by atoms with van der Waals surface area (Å²) in [6, 6.07) is 15.9. The van der Waals surface area contributed by atoms with Gasteiger partial charge in [-0.25, -0.2) is 4.79 Å². The predicted molar refractivity (Wildman–Crippen MR) is 98.0 cm³/mol. The van der Waals surface area contributed by atoms with E-state index in [1.54, 1.807) is 0 Å². The number of rotatable bonds is 6. The standard InChI is InChI=1S/C20H22N2O3/c1-20(2,22-19(23)24)11-15-12-21-18-16(15)9-6-10-17(18)25-13-14-7-4-3-5-8-14/h3-10,12,21-22H,11,13H2,1-2H3,(H,23,24). The van der Waals surface area contributed by atoms with Crippen molar-refractivity contribution in [3.8, 4) is 5.75 Å². The van der Waals surface area contributed by atoms with Gasteiger partial charge in [-0.2, -0.15) is 0 Å². The van der Waals surface area contributed by atoms with Crippen LogP contribution >= 0.6 is 0 Å². The van der Waals surface area contributed by atoms with Crippen molar-refractivity contribution in [2.24, 2.45) is 0 Å². The van der Waals surface area contributed by atoms with Crippen LogP contribution in [0.4, 0.5) is 4.79 Å². The van der Waals surface area contributed by atoms with Crippen LogP contribution in [0.1, 0.15) is 25.0 Å². The Morgan fingerprint density at radius 2 is 1.92 bits per heavy atom. The van der Waals surface area contributed by atoms with Gasteiger partial charge in [-0.15, -0.1) is 0 Å². The summed E-state index contributed by atoms with van der Waals surface area (Å²) in [7, 11) is 0. The van der Waals surface area contributed by atoms with Gasteiger partial charge in [0.15, 0.2) is 0 Å². The van der Waals surface area contributed by atoms with Crippen molar-refractivity contribution in [2.75, 3.05) is 0 Å². The van der Waals surface area contributed by atoms with E-state index < -0.39 is 11.6 Å². The summed E-state index contributed by atoms with van der Waals surface area (Å²) in [6.07, 6.45) is 1.49. The smallest absolute Gasteiger partial charge is 0.405 e. The van der Waals surface area contributed by atoms with Gasteiger partial charge in [-0.05, 0) is 37.5 Å². The molecule has 1 heterocycles. The zero-order valence-corrected chi connectivity index (χ0v) is 14.4. The first-order chi connectivity index (χ1) is 11.9. The van der Waals surface area contributed by atoms with E-state index in [-0.39, 0.29) is 0 Å². The number of nitrogens with one attached hydrogen (secondary N) is 2. The van der Waals surface area contributed by atoms with Gasteiger partial charge in [0.1, 0.15) is 12.4 Å². The number of benzene rings is 2. The second-order valence-corrected chi connectivity index (χ2v) is 6.76. The van der Waals surface area contributed by atoms with E-state index in [0.717, 1.165) is 27.8 Å². The number of aromatic nitrogens is 1. The molecule has 0 atom stereocenters. The zero-order chi connectivity index (χ0) is 17.9. The molecule has 0 saturated heterocycles. The molecule has 3 rings (SSSR count). The van der Waals surface area contributed by atoms with Crippen molar-refractivity contribution < 1.29 is 14.6 Å². The molecular formula is C20H22N2O3. The normalized spacial score (nSPS) is 11.4. The highest BCUT2D eigenvalue weighted by Gasteiger charge is 2.22. The van der Waals surface area contributed by atoms with Gasteiger partial charge in [0.2, 0.25) is 0 Å². The van der Waals surface area contributed by atoms with Gasteiger partial charge in [-0.1, -0.05) is 42.5 Å². The van der Waals surface area contributed by atoms with Gasteiger partial charge < -0.3 is 20.1 Å². The fraction of sp³-hybridized carbons (Fsp3) is 0.250. The minimum atomic E-state index is -1.02. The summed E-state index contributed by atoms with van der Waals surface area (Å²) >= 11 is 0. The molecule has 1 aromatic heterocycles. The van der Waals surface area contributed by atoms with Crippen LogP contribution in [0, 0.1) is 0 Å². The van der Waals surface area contributed by atoms with Crippen LogP contribution in [0.25, 0.3) is 10.9 Å². The molecule has 2 aromatic carbocycles. The first-order valence-electron chi connectivity index (χ1n) is 8.21. The number of para-hydroxylation sites is 1. The average molecular weight is 338 g/mol. The maximum Gasteiger partial charge on any atom is 0.405 e. The minimum absolute atomic E-state index is 0.500. The van der Waals surface area contributed by atoms with Crippen LogP contribution in [-0.2, 0) is 13.0 Å². The first kappa shape index (κ1) is 16.9. The summed E-state index contributed by atoms with van der Waals surface area (Å²) < 4.78 is 5.97. The monoisotopic (exact) mass is 338 g/mol. The number of carboxylic acid groups (broad SMARTS) is 1. The van der Waals surface area contributed by atoms with Crippen molar-refractivity contribution in [1.29, 1.82) is 0 Å². The highest BCUT2D eigenvalue weighted by molar-refractivity contribution is 5.88. The van der Waals surface area contributed by atoms with Gasteiger partial charge in [0.25, 0.3) is 0 Å². The molecule has 5 nitrogen and oxygen atoms in total. The van der Waals surface area contributed by atoms with Gasteiger partial charge >= 0.3 is 6.09 Å². The SMILES string of the molecule is CC(C)(Cc1c[nH]c2c(OCc3ccccc3)cccc12)NC(=O)O. The number of carbonyl (C=O) groups is 1. The van der Waals surface area contributed by atoms with Crippen LogP contribution in [0.3, 0.4) is 0 Å². The second-order valence-electron chi connectivity index (χ2n) is 6.76. The highest BCUT2D eigenvalue weighted by atomic mass is 16.5. The molecule has 130 valence electrons. The Morgan fingerprint density at radius 3 is 2.64 bits per heavy atom. The highest BCUT2D eigenvalue weighted by Crippen LogP contribution is 2.29. The third-order valence-electron chi connectivity index (χ3n) is 4.08. The Labute approximate surface area is 146 Å². The molecule has 5 heteroatoms. The third-order valence-corrected chi connectivity index (χ3v) is 4.08. The molecule has 0 bridgehead atoms. The van der Waals surface area contributed by atoms with E-state index in [4.69, 9.17) is 9.84 Å². The van der Waals surface area contributed by atoms with Crippen LogP contribution in [0.5, 0.6) is 5.75 Å². The summed E-state index contributed by atoms with van der Waals surface area (Å²) in [4.78, 5) is 14.2. The number of ether oxygens (including phenoxy) is 1. The molecule has 0 fully saturated rings. The average Bonchev–Trinajstić information content (AvgIpc) is 2.95. The summed E-state index contributed by atoms with van der Waals surface area (Å²) in [5.74, 6) is 0.789. The molecule has 0 aliphatic rings. The fourth-order valence-corrected chi connectivity index (χ4v) is 3.00. The molecule has 0 aliphatic carbocycles. The number of fused-ring (bicyclic) bond motifs is 1. The van der Waals surface area contributed by atoms with E-state index in [0.29, 0.717) is 13.0 Å². The number of aromatic amines is 1. The first-order valence-corrected chi connectivity index (χ1v) is 8.21. The van der Waals surface area contributed by atoms with Gasteiger partial charge in [0.05, 0.1) is 5.52 Å². The molecule has 1 amide bonds. The molecule has 0 saturated carbocycles. The fourth-order valence-electron chi connectivity index (χ4n) is 3.00. The lowest BCUT2D eigenvalue weighted by Gasteiger charge is -2.24. The van der Waals surface area contributed by atoms with Crippen LogP contribution < -0.4 is 10.1 Å². The molecule has 3 aromatic rings. The third kappa shape index (κ3) is 4.12. The maximum atomic E-state index is 10.9. The summed E-state index contributed by atoms with van der Waals surface area (Å²) in [6.45, 7) is 4.24. The Hall–Kier alpha value is -2.95. The van der Waals surface area contributed by atoms with Crippen LogP contribution in [-0.4, -0.2) is 21.7 Å². The van der Waals surface area contributed by atoms with E-state index in [9.17, 15) is 4.79 Å². The molecule has 0 unspecified atom stereocenters. The van der Waals surface area contributed by atoms with E-state index in [1.165, 1.54) is 0 Å². The molecule has 0 aliphatic heterocycles. The molecular weight excluding hydrogens is 316 g/mol. The number of amides is 1. The largest absolute Gasteiger partial charge is 0.487 e. The molecule has 0 spiro atoms. The summed E-state index contributed by atoms with van der Waals surface area (Å²) in [5.41, 5.74) is 2.54. The Kier molecular flexibility index (Phi) is 4.65. The molecule has 3 N–H and O–H groups in total. The molecule has 25 heavy (non-hydrogen) atoms. The Morgan fingerprint density at radius 1 is 1.16 bits per heavy atom. The maximum absolute atomic E-state index is 10.9. The van der Waals surface area contributed by atoms with E-state index >= 15 is 0 Å². The second kappa shape index (κ2) is 6.89. The quantitative estimate of drug-likeness (QED) is 0.626. The Bertz CT molecular complexity index is 869. The lowest BCUT2D eigenvalue weighted by atomic mass is 9.95. The predicted octanol–water partition coefficient (Wildman–Crippen LogP) is 4.34. The minimum Gasteiger partial charge on any atom is -0.487 e. The Balaban J connectivity index is 1.81. The lowest BCUT2D eigenvalue weighted by molar-refractivity contribution is 0.182. The van der Waals surface area contributed by atoms with Gasteiger partial charge in [-0.3, -0.25) is 0 Å². The zero-order valence-electron chi connectivity index (χ0n) is 14.4. The number of H-pyrrole nitrogens is 1. The number of hydrogen-bond acceptors (Lipinski definition) is 2. The summed E-state index contributed by atoms with van der Waals surface area (Å²) in [5, 5.41) is 12.6. The van der Waals surface area contributed by atoms with Crippen molar-refractivity contribution in [2.45, 2.75) is 32.4 Å². The molecule has 0 radical (unpaired) electrons. The number of hydrogen-bond donors (Lipinski definition) is 3.